The molecule has 0 bridgehead atoms. The van der Waals surface area contributed by atoms with Gasteiger partial charge in [0.2, 0.25) is 0 Å². The maximum atomic E-state index is 12.5. The first-order valence-electron chi connectivity index (χ1n) is 8.94. The van der Waals surface area contributed by atoms with Gasteiger partial charge in [0.25, 0.3) is 0 Å². The van der Waals surface area contributed by atoms with Crippen LogP contribution in [-0.4, -0.2) is 49.6 Å². The predicted molar refractivity (Wildman–Crippen MR) is 108 cm³/mol. The zero-order valence-corrected chi connectivity index (χ0v) is 17.0. The van der Waals surface area contributed by atoms with Crippen molar-refractivity contribution in [3.63, 3.8) is 0 Å². The molecule has 1 unspecified atom stereocenters. The van der Waals surface area contributed by atoms with Gasteiger partial charge in [0.15, 0.2) is 15.6 Å². The molecular formula is C20H25N3O3S. The molecule has 2 aromatic rings. The van der Waals surface area contributed by atoms with Gasteiger partial charge in [-0.3, -0.25) is 9.48 Å². The van der Waals surface area contributed by atoms with Crippen LogP contribution in [0.4, 0.5) is 5.69 Å². The Balaban J connectivity index is 1.80. The molecule has 1 atom stereocenters. The number of nitrogens with zero attached hydrogens (tertiary/aromatic N) is 3. The first-order chi connectivity index (χ1) is 12.7. The van der Waals surface area contributed by atoms with E-state index in [0.29, 0.717) is 12.0 Å². The molecule has 27 heavy (non-hydrogen) atoms. The third kappa shape index (κ3) is 4.13. The van der Waals surface area contributed by atoms with Crippen LogP contribution in [0.15, 0.2) is 30.3 Å². The van der Waals surface area contributed by atoms with Gasteiger partial charge in [0, 0.05) is 36.6 Å². The van der Waals surface area contributed by atoms with Gasteiger partial charge in [-0.05, 0) is 56.7 Å². The molecule has 1 aliphatic rings. The zero-order chi connectivity index (χ0) is 19.8. The van der Waals surface area contributed by atoms with Crippen LogP contribution in [0, 0.1) is 13.8 Å². The summed E-state index contributed by atoms with van der Waals surface area (Å²) in [6.07, 6.45) is 3.92. The molecule has 1 fully saturated rings. The maximum Gasteiger partial charge on any atom is 0.185 e. The molecule has 1 saturated heterocycles. The second-order valence-corrected chi connectivity index (χ2v) is 9.45. The van der Waals surface area contributed by atoms with Crippen molar-refractivity contribution in [1.29, 1.82) is 0 Å². The van der Waals surface area contributed by atoms with Gasteiger partial charge in [-0.15, -0.1) is 0 Å². The summed E-state index contributed by atoms with van der Waals surface area (Å²) in [6, 6.07) is 7.33. The van der Waals surface area contributed by atoms with Crippen LogP contribution in [0.3, 0.4) is 0 Å². The summed E-state index contributed by atoms with van der Waals surface area (Å²) >= 11 is 0. The van der Waals surface area contributed by atoms with Crippen molar-refractivity contribution in [2.75, 3.05) is 30.5 Å². The number of hydrogen-bond donors (Lipinski definition) is 0. The molecule has 1 aromatic carbocycles. The van der Waals surface area contributed by atoms with Gasteiger partial charge in [0.1, 0.15) is 0 Å². The van der Waals surface area contributed by atoms with Gasteiger partial charge < -0.3 is 4.90 Å². The summed E-state index contributed by atoms with van der Waals surface area (Å²) in [5.74, 6) is 0.271. The topological polar surface area (TPSA) is 72.3 Å². The Kier molecular flexibility index (Phi) is 5.24. The SMILES string of the molecule is Cc1nn(C2CCS(=O)(=O)C2)c(C)c1C=CC(=O)c1ccc(N(C)C)cc1. The second-order valence-electron chi connectivity index (χ2n) is 7.22. The number of sulfone groups is 1. The molecule has 2 heterocycles. The third-order valence-corrected chi connectivity index (χ3v) is 6.76. The van der Waals surface area contributed by atoms with E-state index < -0.39 is 9.84 Å². The Morgan fingerprint density at radius 1 is 1.22 bits per heavy atom. The lowest BCUT2D eigenvalue weighted by molar-refractivity contribution is 0.104. The summed E-state index contributed by atoms with van der Waals surface area (Å²) in [7, 11) is 0.936. The van der Waals surface area contributed by atoms with E-state index in [2.05, 4.69) is 5.10 Å². The van der Waals surface area contributed by atoms with Gasteiger partial charge in [-0.2, -0.15) is 5.10 Å². The minimum Gasteiger partial charge on any atom is -0.378 e. The molecule has 0 spiro atoms. The Hall–Kier alpha value is -2.41. The van der Waals surface area contributed by atoms with Crippen molar-refractivity contribution in [1.82, 2.24) is 9.78 Å². The van der Waals surface area contributed by atoms with Crippen LogP contribution < -0.4 is 4.90 Å². The largest absolute Gasteiger partial charge is 0.378 e. The third-order valence-electron chi connectivity index (χ3n) is 5.00. The van der Waals surface area contributed by atoms with Crippen molar-refractivity contribution in [3.8, 4) is 0 Å². The monoisotopic (exact) mass is 387 g/mol. The smallest absolute Gasteiger partial charge is 0.185 e. The Labute approximate surface area is 160 Å². The van der Waals surface area contributed by atoms with E-state index in [9.17, 15) is 13.2 Å². The zero-order valence-electron chi connectivity index (χ0n) is 16.1. The van der Waals surface area contributed by atoms with Crippen molar-refractivity contribution in [2.45, 2.75) is 26.3 Å². The van der Waals surface area contributed by atoms with Crippen molar-refractivity contribution >= 4 is 27.4 Å². The van der Waals surface area contributed by atoms with Crippen LogP contribution in [0.25, 0.3) is 6.08 Å². The summed E-state index contributed by atoms with van der Waals surface area (Å²) in [6.45, 7) is 3.80. The summed E-state index contributed by atoms with van der Waals surface area (Å²) in [4.78, 5) is 14.4. The fourth-order valence-corrected chi connectivity index (χ4v) is 5.11. The van der Waals surface area contributed by atoms with E-state index in [1.807, 2.05) is 57.1 Å². The van der Waals surface area contributed by atoms with E-state index in [1.165, 1.54) is 0 Å². The second kappa shape index (κ2) is 7.31. The minimum atomic E-state index is -2.97. The number of allylic oxidation sites excluding steroid dienone is 1. The lowest BCUT2D eigenvalue weighted by Crippen LogP contribution is -2.13. The molecule has 144 valence electrons. The van der Waals surface area contributed by atoms with Crippen molar-refractivity contribution < 1.29 is 13.2 Å². The van der Waals surface area contributed by atoms with Crippen LogP contribution >= 0.6 is 0 Å². The molecule has 0 N–H and O–H groups in total. The number of anilines is 1. The Morgan fingerprint density at radius 2 is 1.89 bits per heavy atom. The molecule has 7 heteroatoms. The maximum absolute atomic E-state index is 12.5. The molecule has 0 aliphatic carbocycles. The minimum absolute atomic E-state index is 0.0738. The summed E-state index contributed by atoms with van der Waals surface area (Å²) in [5.41, 5.74) is 4.22. The molecule has 0 saturated carbocycles. The normalized spacial score (nSPS) is 18.9. The standard InChI is InChI=1S/C20H25N3O3S/c1-14-19(15(2)23(21-14)18-11-12-27(25,26)13-18)9-10-20(24)16-5-7-17(8-6-16)22(3)4/h5-10,18H,11-13H2,1-4H3. The lowest BCUT2D eigenvalue weighted by atomic mass is 10.1. The highest BCUT2D eigenvalue weighted by Gasteiger charge is 2.31. The first-order valence-corrected chi connectivity index (χ1v) is 10.8. The molecule has 6 nitrogen and oxygen atoms in total. The van der Waals surface area contributed by atoms with E-state index in [1.54, 1.807) is 16.8 Å². The number of carbonyl (C=O) groups is 1. The molecule has 3 rings (SSSR count). The number of aromatic nitrogens is 2. The van der Waals surface area contributed by atoms with Crippen LogP contribution in [0.5, 0.6) is 0 Å². The van der Waals surface area contributed by atoms with Crippen molar-refractivity contribution in [2.24, 2.45) is 0 Å². The highest BCUT2D eigenvalue weighted by atomic mass is 32.2. The van der Waals surface area contributed by atoms with E-state index >= 15 is 0 Å². The number of carbonyl (C=O) groups excluding carboxylic acids is 1. The van der Waals surface area contributed by atoms with E-state index in [0.717, 1.165) is 22.6 Å². The molecule has 0 radical (unpaired) electrons. The van der Waals surface area contributed by atoms with Crippen LogP contribution in [0.1, 0.15) is 39.8 Å². The molecule has 1 aromatic heterocycles. The Bertz CT molecular complexity index is 986. The Morgan fingerprint density at radius 3 is 2.44 bits per heavy atom. The molecular weight excluding hydrogens is 362 g/mol. The molecule has 1 aliphatic heterocycles. The predicted octanol–water partition coefficient (Wildman–Crippen LogP) is 2.82. The molecule has 0 amide bonds. The fourth-order valence-electron chi connectivity index (χ4n) is 3.42. The van der Waals surface area contributed by atoms with E-state index in [4.69, 9.17) is 0 Å². The van der Waals surface area contributed by atoms with Crippen molar-refractivity contribution in [3.05, 3.63) is 52.9 Å². The summed E-state index contributed by atoms with van der Waals surface area (Å²) in [5, 5.41) is 4.52. The highest BCUT2D eigenvalue weighted by Crippen LogP contribution is 2.27. The number of hydrogen-bond acceptors (Lipinski definition) is 5. The van der Waals surface area contributed by atoms with E-state index in [-0.39, 0.29) is 23.3 Å². The quantitative estimate of drug-likeness (QED) is 0.583. The van der Waals surface area contributed by atoms with Gasteiger partial charge in [-0.1, -0.05) is 0 Å². The van der Waals surface area contributed by atoms with Gasteiger partial charge >= 0.3 is 0 Å². The average Bonchev–Trinajstić information content (AvgIpc) is 3.12. The lowest BCUT2D eigenvalue weighted by Gasteiger charge is -2.12. The van der Waals surface area contributed by atoms with Crippen LogP contribution in [-0.2, 0) is 9.84 Å². The summed E-state index contributed by atoms with van der Waals surface area (Å²) < 4.78 is 25.3. The average molecular weight is 388 g/mol. The van der Waals surface area contributed by atoms with Gasteiger partial charge in [0.05, 0.1) is 23.2 Å². The number of benzene rings is 1. The number of rotatable bonds is 5. The fraction of sp³-hybridized carbons (Fsp3) is 0.400. The van der Waals surface area contributed by atoms with Gasteiger partial charge in [-0.25, -0.2) is 8.42 Å². The highest BCUT2D eigenvalue weighted by molar-refractivity contribution is 7.91. The first kappa shape index (κ1) is 19.4. The number of aryl methyl sites for hydroxylation is 1. The number of ketones is 1. The van der Waals surface area contributed by atoms with Crippen LogP contribution in [0.2, 0.25) is 0 Å².